The number of hydrogen-bond acceptors (Lipinski definition) is 8. The van der Waals surface area contributed by atoms with E-state index < -0.39 is 23.9 Å². The van der Waals surface area contributed by atoms with Crippen molar-refractivity contribution in [1.82, 2.24) is 34.4 Å². The standard InChI is InChI=1S/C27H33F3N8O2/c1-37(9-3-2-4-21-35-18-8-5-16(27(28,29)30)11-19(18)36-21)12-15-10-20(24(40)23(15)39)38-14-33-22-25(34-17-6-7-17)31-13-32-26(22)38/h5,8,11,13-15,17,20,23-24,39-40H,2-4,6-7,9-10,12H2,1H3,(H,35,36)(H,31,32,34)/t15-,20-,23-,24+/m1/s1. The Balaban J connectivity index is 1.01. The summed E-state index contributed by atoms with van der Waals surface area (Å²) in [7, 11) is 1.99. The molecule has 6 rings (SSSR count). The molecule has 40 heavy (non-hydrogen) atoms. The van der Waals surface area contributed by atoms with Crippen LogP contribution in [0.1, 0.15) is 49.5 Å². The van der Waals surface area contributed by atoms with E-state index in [1.54, 1.807) is 6.33 Å². The molecule has 4 N–H and O–H groups in total. The van der Waals surface area contributed by atoms with Crippen LogP contribution in [0.25, 0.3) is 22.2 Å². The van der Waals surface area contributed by atoms with E-state index in [0.29, 0.717) is 59.3 Å². The summed E-state index contributed by atoms with van der Waals surface area (Å²) in [5.41, 5.74) is 1.53. The third-order valence-corrected chi connectivity index (χ3v) is 8.01. The number of aromatic amines is 1. The molecule has 2 fully saturated rings. The highest BCUT2D eigenvalue weighted by atomic mass is 19.4. The quantitative estimate of drug-likeness (QED) is 0.218. The minimum atomic E-state index is -4.38. The van der Waals surface area contributed by atoms with Gasteiger partial charge in [0, 0.05) is 24.9 Å². The molecule has 0 bridgehead atoms. The fourth-order valence-electron chi connectivity index (χ4n) is 5.70. The minimum absolute atomic E-state index is 0.119. The summed E-state index contributed by atoms with van der Waals surface area (Å²) in [6.07, 6.45) is 2.10. The predicted molar refractivity (Wildman–Crippen MR) is 143 cm³/mol. The van der Waals surface area contributed by atoms with Gasteiger partial charge in [0.15, 0.2) is 11.5 Å². The number of benzene rings is 1. The highest BCUT2D eigenvalue weighted by molar-refractivity contribution is 5.83. The van der Waals surface area contributed by atoms with Crippen LogP contribution in [0, 0.1) is 5.92 Å². The van der Waals surface area contributed by atoms with Gasteiger partial charge in [-0.15, -0.1) is 0 Å². The molecule has 4 aromatic rings. The van der Waals surface area contributed by atoms with Gasteiger partial charge in [0.25, 0.3) is 0 Å². The van der Waals surface area contributed by atoms with Crippen molar-refractivity contribution in [3.05, 3.63) is 42.2 Å². The van der Waals surface area contributed by atoms with Crippen LogP contribution in [0.15, 0.2) is 30.9 Å². The van der Waals surface area contributed by atoms with Crippen LogP contribution in [0.2, 0.25) is 0 Å². The normalized spacial score (nSPS) is 23.6. The van der Waals surface area contributed by atoms with E-state index in [9.17, 15) is 23.4 Å². The van der Waals surface area contributed by atoms with Crippen molar-refractivity contribution in [1.29, 1.82) is 0 Å². The largest absolute Gasteiger partial charge is 0.416 e. The van der Waals surface area contributed by atoms with Gasteiger partial charge in [-0.2, -0.15) is 13.2 Å². The van der Waals surface area contributed by atoms with Gasteiger partial charge < -0.3 is 30.0 Å². The van der Waals surface area contributed by atoms with Crippen LogP contribution in [0.3, 0.4) is 0 Å². The second-order valence-corrected chi connectivity index (χ2v) is 11.1. The Hall–Kier alpha value is -3.29. The van der Waals surface area contributed by atoms with Gasteiger partial charge in [-0.1, -0.05) is 0 Å². The summed E-state index contributed by atoms with van der Waals surface area (Å²) in [5, 5.41) is 25.1. The first kappa shape index (κ1) is 26.9. The fourth-order valence-corrected chi connectivity index (χ4v) is 5.70. The molecule has 3 heterocycles. The van der Waals surface area contributed by atoms with Gasteiger partial charge in [-0.3, -0.25) is 0 Å². The third-order valence-electron chi connectivity index (χ3n) is 8.01. The van der Waals surface area contributed by atoms with E-state index in [1.165, 1.54) is 12.4 Å². The van der Waals surface area contributed by atoms with E-state index in [-0.39, 0.29) is 12.0 Å². The molecule has 214 valence electrons. The molecule has 2 aliphatic carbocycles. The molecule has 0 spiro atoms. The number of anilines is 1. The van der Waals surface area contributed by atoms with Gasteiger partial charge in [-0.25, -0.2) is 19.9 Å². The number of nitrogens with zero attached hydrogens (tertiary/aromatic N) is 6. The first-order valence-electron chi connectivity index (χ1n) is 13.7. The molecule has 2 saturated carbocycles. The molecule has 4 atom stereocenters. The number of fused-ring (bicyclic) bond motifs is 2. The molecular formula is C27H33F3N8O2. The number of alkyl halides is 3. The number of imidazole rings is 2. The van der Waals surface area contributed by atoms with Crippen LogP contribution in [0.4, 0.5) is 19.0 Å². The number of aliphatic hydroxyl groups excluding tert-OH is 2. The second kappa shape index (κ2) is 10.6. The Kier molecular flexibility index (Phi) is 7.13. The lowest BCUT2D eigenvalue weighted by atomic mass is 10.0. The number of hydrogen-bond donors (Lipinski definition) is 4. The summed E-state index contributed by atoms with van der Waals surface area (Å²) in [6, 6.07) is 3.62. The molecule has 0 unspecified atom stereocenters. The maximum absolute atomic E-state index is 13.0. The van der Waals surface area contributed by atoms with Crippen molar-refractivity contribution in [2.45, 2.75) is 69.0 Å². The van der Waals surface area contributed by atoms with Gasteiger partial charge in [0.1, 0.15) is 23.8 Å². The average molecular weight is 559 g/mol. The summed E-state index contributed by atoms with van der Waals surface area (Å²) >= 11 is 0. The Labute approximate surface area is 228 Å². The Bertz CT molecular complexity index is 1480. The number of aromatic nitrogens is 6. The molecule has 0 saturated heterocycles. The van der Waals surface area contributed by atoms with Crippen molar-refractivity contribution in [2.24, 2.45) is 5.92 Å². The molecule has 2 aliphatic rings. The van der Waals surface area contributed by atoms with Crippen LogP contribution in [-0.4, -0.2) is 83.0 Å². The van der Waals surface area contributed by atoms with Crippen LogP contribution >= 0.6 is 0 Å². The number of aliphatic hydroxyl groups is 2. The van der Waals surface area contributed by atoms with Crippen LogP contribution < -0.4 is 5.32 Å². The molecule has 1 aromatic carbocycles. The van der Waals surface area contributed by atoms with Crippen molar-refractivity contribution < 1.29 is 23.4 Å². The molecule has 13 heteroatoms. The highest BCUT2D eigenvalue weighted by Gasteiger charge is 2.43. The third kappa shape index (κ3) is 5.50. The predicted octanol–water partition coefficient (Wildman–Crippen LogP) is 3.53. The summed E-state index contributed by atoms with van der Waals surface area (Å²) < 4.78 is 40.8. The molecule has 10 nitrogen and oxygen atoms in total. The highest BCUT2D eigenvalue weighted by Crippen LogP contribution is 2.38. The lowest BCUT2D eigenvalue weighted by molar-refractivity contribution is -0.137. The smallest absolute Gasteiger partial charge is 0.390 e. The lowest BCUT2D eigenvalue weighted by Gasteiger charge is -2.23. The summed E-state index contributed by atoms with van der Waals surface area (Å²) in [4.78, 5) is 22.8. The van der Waals surface area contributed by atoms with Crippen LogP contribution in [-0.2, 0) is 12.6 Å². The van der Waals surface area contributed by atoms with Gasteiger partial charge in [0.05, 0.1) is 35.1 Å². The Morgan fingerprint density at radius 2 is 1.95 bits per heavy atom. The maximum Gasteiger partial charge on any atom is 0.416 e. The first-order valence-corrected chi connectivity index (χ1v) is 13.7. The van der Waals surface area contributed by atoms with E-state index in [4.69, 9.17) is 0 Å². The number of halogens is 3. The molecular weight excluding hydrogens is 525 g/mol. The Morgan fingerprint density at radius 1 is 1.12 bits per heavy atom. The van der Waals surface area contributed by atoms with Crippen molar-refractivity contribution >= 4 is 28.0 Å². The summed E-state index contributed by atoms with van der Waals surface area (Å²) in [6.45, 7) is 1.40. The van der Waals surface area contributed by atoms with E-state index in [2.05, 4.69) is 35.1 Å². The number of rotatable bonds is 10. The topological polar surface area (TPSA) is 128 Å². The van der Waals surface area contributed by atoms with Gasteiger partial charge >= 0.3 is 6.18 Å². The fraction of sp³-hybridized carbons (Fsp3) is 0.556. The van der Waals surface area contributed by atoms with Crippen molar-refractivity contribution in [3.63, 3.8) is 0 Å². The second-order valence-electron chi connectivity index (χ2n) is 11.1. The van der Waals surface area contributed by atoms with Crippen molar-refractivity contribution in [3.8, 4) is 0 Å². The molecule has 0 amide bonds. The number of nitrogens with one attached hydrogen (secondary N) is 2. The zero-order valence-corrected chi connectivity index (χ0v) is 22.1. The molecule has 0 aliphatic heterocycles. The van der Waals surface area contributed by atoms with E-state index in [1.807, 2.05) is 11.6 Å². The lowest BCUT2D eigenvalue weighted by Crippen LogP contribution is -2.35. The van der Waals surface area contributed by atoms with Gasteiger partial charge in [0.2, 0.25) is 0 Å². The maximum atomic E-state index is 13.0. The first-order chi connectivity index (χ1) is 19.2. The molecule has 3 aromatic heterocycles. The van der Waals surface area contributed by atoms with Gasteiger partial charge in [-0.05, 0) is 63.9 Å². The average Bonchev–Trinajstić information content (AvgIpc) is 3.36. The van der Waals surface area contributed by atoms with Crippen molar-refractivity contribution in [2.75, 3.05) is 25.5 Å². The SMILES string of the molecule is CN(CCCCc1nc2ccc(C(F)(F)F)cc2[nH]1)C[C@H]1C[C@@H](n2cnc3c(NC4CC4)ncnc32)[C@H](O)[C@@H]1O. The number of aryl methyl sites for hydroxylation is 1. The minimum Gasteiger partial charge on any atom is -0.390 e. The zero-order valence-electron chi connectivity index (χ0n) is 22.1. The monoisotopic (exact) mass is 558 g/mol. The zero-order chi connectivity index (χ0) is 28.0. The summed E-state index contributed by atoms with van der Waals surface area (Å²) in [5.74, 6) is 1.25. The Morgan fingerprint density at radius 3 is 2.73 bits per heavy atom. The number of unbranched alkanes of at least 4 members (excludes halogenated alkanes) is 1. The molecule has 0 radical (unpaired) electrons. The van der Waals surface area contributed by atoms with E-state index in [0.717, 1.165) is 44.4 Å². The number of H-pyrrole nitrogens is 1. The van der Waals surface area contributed by atoms with E-state index >= 15 is 0 Å². The van der Waals surface area contributed by atoms with Crippen LogP contribution in [0.5, 0.6) is 0 Å².